The van der Waals surface area contributed by atoms with Gasteiger partial charge >= 0.3 is 13.8 Å². The SMILES string of the molecule is NNc1cccc(C(=O)OP(=O)(O)O)c1. The van der Waals surface area contributed by atoms with E-state index in [-0.39, 0.29) is 5.56 Å². The smallest absolute Gasteiger partial charge is 0.367 e. The van der Waals surface area contributed by atoms with E-state index in [4.69, 9.17) is 15.6 Å². The summed E-state index contributed by atoms with van der Waals surface area (Å²) < 4.78 is 14.3. The van der Waals surface area contributed by atoms with Gasteiger partial charge in [-0.25, -0.2) is 9.36 Å². The Morgan fingerprint density at radius 2 is 2.13 bits per heavy atom. The van der Waals surface area contributed by atoms with Crippen LogP contribution < -0.4 is 11.3 Å². The Morgan fingerprint density at radius 1 is 1.47 bits per heavy atom. The van der Waals surface area contributed by atoms with Crippen LogP contribution in [0.15, 0.2) is 24.3 Å². The summed E-state index contributed by atoms with van der Waals surface area (Å²) >= 11 is 0. The van der Waals surface area contributed by atoms with Gasteiger partial charge in [-0.05, 0) is 18.2 Å². The molecule has 1 aromatic rings. The molecule has 0 heterocycles. The minimum atomic E-state index is -4.81. The van der Waals surface area contributed by atoms with Crippen LogP contribution in [0.5, 0.6) is 0 Å². The van der Waals surface area contributed by atoms with E-state index in [9.17, 15) is 9.36 Å². The standard InChI is InChI=1S/C7H9N2O5P/c8-9-6-3-1-2-5(4-6)7(10)14-15(11,12)13/h1-4,9H,8H2,(H2,11,12,13). The Balaban J connectivity index is 2.87. The predicted octanol–water partition coefficient (Wildman–Crippen LogP) is 0.222. The molecule has 8 heteroatoms. The number of nitrogens with one attached hydrogen (secondary N) is 1. The van der Waals surface area contributed by atoms with Gasteiger partial charge in [0.05, 0.1) is 5.56 Å². The summed E-state index contributed by atoms with van der Waals surface area (Å²) in [5.41, 5.74) is 2.70. The van der Waals surface area contributed by atoms with Crippen LogP contribution in [-0.4, -0.2) is 15.8 Å². The predicted molar refractivity (Wildman–Crippen MR) is 51.7 cm³/mol. The number of nitrogens with two attached hydrogens (primary N) is 1. The van der Waals surface area contributed by atoms with Crippen molar-refractivity contribution in [3.8, 4) is 0 Å². The van der Waals surface area contributed by atoms with Gasteiger partial charge in [0.1, 0.15) is 0 Å². The maximum atomic E-state index is 11.1. The molecule has 5 N–H and O–H groups in total. The quantitative estimate of drug-likeness (QED) is 0.334. The zero-order valence-electron chi connectivity index (χ0n) is 7.45. The zero-order valence-corrected chi connectivity index (χ0v) is 8.35. The van der Waals surface area contributed by atoms with E-state index in [1.165, 1.54) is 18.2 Å². The first-order valence-corrected chi connectivity index (χ1v) is 5.31. The largest absolute Gasteiger partial charge is 0.527 e. The van der Waals surface area contributed by atoms with Crippen molar-refractivity contribution in [3.63, 3.8) is 0 Å². The number of nitrogen functional groups attached to an aromatic ring is 1. The first-order chi connectivity index (χ1) is 6.92. The lowest BCUT2D eigenvalue weighted by molar-refractivity contribution is 0.0678. The third-order valence-corrected chi connectivity index (χ3v) is 1.87. The molecule has 0 unspecified atom stereocenters. The van der Waals surface area contributed by atoms with E-state index in [1.807, 2.05) is 0 Å². The van der Waals surface area contributed by atoms with Crippen molar-refractivity contribution in [2.45, 2.75) is 0 Å². The minimum absolute atomic E-state index is 0.00576. The maximum Gasteiger partial charge on any atom is 0.527 e. The number of hydrogen-bond donors (Lipinski definition) is 4. The molecule has 15 heavy (non-hydrogen) atoms. The third-order valence-electron chi connectivity index (χ3n) is 1.47. The van der Waals surface area contributed by atoms with Crippen LogP contribution in [0.25, 0.3) is 0 Å². The van der Waals surface area contributed by atoms with Crippen molar-refractivity contribution >= 4 is 19.5 Å². The monoisotopic (exact) mass is 232 g/mol. The van der Waals surface area contributed by atoms with Crippen LogP contribution in [0.3, 0.4) is 0 Å². The molecule has 7 nitrogen and oxygen atoms in total. The van der Waals surface area contributed by atoms with Gasteiger partial charge in [0.2, 0.25) is 0 Å². The Kier molecular flexibility index (Phi) is 3.43. The summed E-state index contributed by atoms with van der Waals surface area (Å²) in [6, 6.07) is 5.72. The second kappa shape index (κ2) is 4.41. The molecule has 0 aliphatic heterocycles. The Hall–Kier alpha value is -1.40. The van der Waals surface area contributed by atoms with Crippen molar-refractivity contribution in [1.82, 2.24) is 0 Å². The molecule has 0 aliphatic rings. The van der Waals surface area contributed by atoms with Crippen molar-refractivity contribution in [2.24, 2.45) is 5.84 Å². The number of phosphoric ester groups is 1. The first-order valence-electron chi connectivity index (χ1n) is 3.78. The van der Waals surface area contributed by atoms with E-state index in [1.54, 1.807) is 6.07 Å². The molecule has 0 spiro atoms. The summed E-state index contributed by atoms with van der Waals surface area (Å²) in [5, 5.41) is 0. The molecular formula is C7H9N2O5P. The molecule has 0 amide bonds. The summed E-state index contributed by atoms with van der Waals surface area (Å²) in [7, 11) is -4.81. The molecular weight excluding hydrogens is 223 g/mol. The van der Waals surface area contributed by atoms with Crippen molar-refractivity contribution in [1.29, 1.82) is 0 Å². The van der Waals surface area contributed by atoms with Crippen LogP contribution in [0, 0.1) is 0 Å². The van der Waals surface area contributed by atoms with Gasteiger partial charge in [-0.15, -0.1) is 0 Å². The minimum Gasteiger partial charge on any atom is -0.367 e. The highest BCUT2D eigenvalue weighted by molar-refractivity contribution is 7.46. The highest BCUT2D eigenvalue weighted by atomic mass is 31.2. The van der Waals surface area contributed by atoms with Crippen LogP contribution >= 0.6 is 7.82 Å². The Labute approximate surface area is 85.1 Å². The highest BCUT2D eigenvalue weighted by Crippen LogP contribution is 2.36. The number of phosphoric acid groups is 1. The van der Waals surface area contributed by atoms with Gasteiger partial charge in [-0.2, -0.15) is 0 Å². The summed E-state index contributed by atoms with van der Waals surface area (Å²) in [5.74, 6) is 3.98. The van der Waals surface area contributed by atoms with Gasteiger partial charge in [0.25, 0.3) is 0 Å². The lowest BCUT2D eigenvalue weighted by Gasteiger charge is -2.06. The van der Waals surface area contributed by atoms with Crippen LogP contribution in [0.2, 0.25) is 0 Å². The molecule has 0 saturated heterocycles. The lowest BCUT2D eigenvalue weighted by Crippen LogP contribution is -2.08. The fourth-order valence-corrected chi connectivity index (χ4v) is 1.22. The maximum absolute atomic E-state index is 11.1. The number of rotatable bonds is 3. The molecule has 0 saturated carbocycles. The van der Waals surface area contributed by atoms with E-state index < -0.39 is 13.8 Å². The van der Waals surface area contributed by atoms with E-state index in [0.29, 0.717) is 5.69 Å². The fraction of sp³-hybridized carbons (Fsp3) is 0. The van der Waals surface area contributed by atoms with Crippen molar-refractivity contribution in [3.05, 3.63) is 29.8 Å². The molecule has 0 radical (unpaired) electrons. The Bertz CT molecular complexity index is 416. The number of benzene rings is 1. The molecule has 1 aromatic carbocycles. The molecule has 0 bridgehead atoms. The van der Waals surface area contributed by atoms with E-state index >= 15 is 0 Å². The first kappa shape index (κ1) is 11.7. The number of hydrazine groups is 1. The summed E-state index contributed by atoms with van der Waals surface area (Å²) in [4.78, 5) is 28.0. The topological polar surface area (TPSA) is 122 Å². The Morgan fingerprint density at radius 3 is 2.67 bits per heavy atom. The van der Waals surface area contributed by atoms with Crippen LogP contribution in [-0.2, 0) is 9.09 Å². The molecule has 0 atom stereocenters. The molecule has 82 valence electrons. The molecule has 0 aliphatic carbocycles. The van der Waals surface area contributed by atoms with Gasteiger partial charge in [-0.1, -0.05) is 6.07 Å². The number of carbonyl (C=O) groups excluding carboxylic acids is 1. The normalized spacial score (nSPS) is 10.9. The molecule has 1 rings (SSSR count). The van der Waals surface area contributed by atoms with Crippen LogP contribution in [0.4, 0.5) is 5.69 Å². The third kappa shape index (κ3) is 3.69. The summed E-state index contributed by atoms with van der Waals surface area (Å²) in [6.07, 6.45) is 0. The van der Waals surface area contributed by atoms with Gasteiger partial charge in [0.15, 0.2) is 0 Å². The highest BCUT2D eigenvalue weighted by Gasteiger charge is 2.21. The van der Waals surface area contributed by atoms with Gasteiger partial charge in [-0.3, -0.25) is 15.6 Å². The second-order valence-corrected chi connectivity index (χ2v) is 3.76. The summed E-state index contributed by atoms with van der Waals surface area (Å²) in [6.45, 7) is 0. The van der Waals surface area contributed by atoms with Gasteiger partial charge in [0, 0.05) is 5.69 Å². The lowest BCUT2D eigenvalue weighted by atomic mass is 10.2. The second-order valence-electron chi connectivity index (χ2n) is 2.59. The van der Waals surface area contributed by atoms with Crippen molar-refractivity contribution in [2.75, 3.05) is 5.43 Å². The number of carbonyl (C=O) groups is 1. The fourth-order valence-electron chi connectivity index (χ4n) is 0.897. The van der Waals surface area contributed by atoms with Crippen molar-refractivity contribution < 1.29 is 23.7 Å². The average molecular weight is 232 g/mol. The van der Waals surface area contributed by atoms with E-state index in [2.05, 4.69) is 9.95 Å². The molecule has 0 aromatic heterocycles. The molecule has 0 fully saturated rings. The number of hydrogen-bond acceptors (Lipinski definition) is 5. The van der Waals surface area contributed by atoms with Crippen LogP contribution in [0.1, 0.15) is 10.4 Å². The number of anilines is 1. The average Bonchev–Trinajstić information content (AvgIpc) is 2.15. The zero-order chi connectivity index (χ0) is 11.5. The van der Waals surface area contributed by atoms with E-state index in [0.717, 1.165) is 0 Å². The van der Waals surface area contributed by atoms with Gasteiger partial charge < -0.3 is 9.95 Å².